The van der Waals surface area contributed by atoms with Gasteiger partial charge in [-0.2, -0.15) is 0 Å². The smallest absolute Gasteiger partial charge is 0.345 e. The van der Waals surface area contributed by atoms with Crippen molar-refractivity contribution in [3.8, 4) is 0 Å². The van der Waals surface area contributed by atoms with Crippen LogP contribution in [0.15, 0.2) is 48.6 Å². The van der Waals surface area contributed by atoms with E-state index in [1.54, 1.807) is 0 Å². The van der Waals surface area contributed by atoms with Gasteiger partial charge in [0.1, 0.15) is 0 Å². The fourth-order valence-corrected chi connectivity index (χ4v) is 6.30. The maximum absolute atomic E-state index is 12.2. The molecule has 290 valence electrons. The van der Waals surface area contributed by atoms with Crippen LogP contribution < -0.4 is 0 Å². The molecule has 50 heavy (non-hydrogen) atoms. The molecular weight excluding hydrogens is 617 g/mol. The Hall–Kier alpha value is -2.10. The number of carbonyl (C=O) groups is 2. The average Bonchev–Trinajstić information content (AvgIpc) is 3.11. The van der Waals surface area contributed by atoms with Crippen molar-refractivity contribution in [2.24, 2.45) is 0 Å². The minimum Gasteiger partial charge on any atom is -0.479 e. The van der Waals surface area contributed by atoms with E-state index < -0.39 is 12.1 Å². The summed E-state index contributed by atoms with van der Waals surface area (Å²) in [6.45, 7) is 4.52. The Morgan fingerprint density at radius 3 is 1.18 bits per heavy atom. The number of carbonyl (C=O) groups excluding carboxylic acids is 1. The van der Waals surface area contributed by atoms with E-state index in [4.69, 9.17) is 4.74 Å². The first-order chi connectivity index (χ1) is 24.6. The molecule has 0 aromatic heterocycles. The van der Waals surface area contributed by atoms with Crippen molar-refractivity contribution >= 4 is 11.9 Å². The van der Waals surface area contributed by atoms with Crippen molar-refractivity contribution in [1.82, 2.24) is 0 Å². The zero-order valence-electron chi connectivity index (χ0n) is 33.2. The molecule has 0 saturated heterocycles. The van der Waals surface area contributed by atoms with E-state index in [0.29, 0.717) is 12.8 Å². The summed E-state index contributed by atoms with van der Waals surface area (Å²) >= 11 is 0. The van der Waals surface area contributed by atoms with E-state index in [-0.39, 0.29) is 5.97 Å². The molecule has 0 bridgehead atoms. The quantitative estimate of drug-likeness (QED) is 0.0394. The molecular formula is C46H82O4. The predicted octanol–water partition coefficient (Wildman–Crippen LogP) is 15.1. The van der Waals surface area contributed by atoms with Gasteiger partial charge in [0.15, 0.2) is 6.10 Å². The third kappa shape index (κ3) is 38.7. The molecule has 0 radical (unpaired) electrons. The highest BCUT2D eigenvalue weighted by molar-refractivity contribution is 5.77. The Balaban J connectivity index is 3.59. The standard InChI is InChI=1S/C46H82O4/c1-3-5-7-9-11-13-15-17-19-21-23-24-25-27-29-31-33-35-37-39-41-43-45(47)50-44(46(48)49)42-40-38-36-34-32-30-28-26-22-20-18-16-14-12-10-8-6-4-2/h11,13,17,19,23-24,27,29,44H,3-10,12,14-16,18,20-22,25-26,28,30-43H2,1-2H3,(H,48,49)/b13-11-,19-17-,24-23-,29-27-. The maximum atomic E-state index is 12.2. The molecule has 0 aliphatic carbocycles. The Bertz CT molecular complexity index is 839. The van der Waals surface area contributed by atoms with Crippen molar-refractivity contribution in [1.29, 1.82) is 0 Å². The minimum atomic E-state index is -1.01. The summed E-state index contributed by atoms with van der Waals surface area (Å²) in [5.41, 5.74) is 0. The van der Waals surface area contributed by atoms with Gasteiger partial charge in [0.25, 0.3) is 0 Å². The fourth-order valence-electron chi connectivity index (χ4n) is 6.30. The van der Waals surface area contributed by atoms with E-state index in [1.807, 2.05) is 0 Å². The number of allylic oxidation sites excluding steroid dienone is 8. The summed E-state index contributed by atoms with van der Waals surface area (Å²) in [7, 11) is 0. The van der Waals surface area contributed by atoms with E-state index >= 15 is 0 Å². The lowest BCUT2D eigenvalue weighted by molar-refractivity contribution is -0.164. The number of esters is 1. The van der Waals surface area contributed by atoms with Gasteiger partial charge < -0.3 is 9.84 Å². The number of hydrogen-bond donors (Lipinski definition) is 1. The Morgan fingerprint density at radius 2 is 0.760 bits per heavy atom. The van der Waals surface area contributed by atoms with Crippen LogP contribution >= 0.6 is 0 Å². The topological polar surface area (TPSA) is 63.6 Å². The number of carboxylic acids is 1. The summed E-state index contributed by atoms with van der Waals surface area (Å²) in [4.78, 5) is 23.9. The normalized spacial score (nSPS) is 12.7. The highest BCUT2D eigenvalue weighted by Crippen LogP contribution is 2.16. The zero-order valence-corrected chi connectivity index (χ0v) is 33.2. The van der Waals surface area contributed by atoms with Crippen molar-refractivity contribution in [2.45, 2.75) is 232 Å². The Labute approximate surface area is 311 Å². The summed E-state index contributed by atoms with van der Waals surface area (Å²) in [5.74, 6) is -1.37. The molecule has 0 rings (SSSR count). The van der Waals surface area contributed by atoms with E-state index in [2.05, 4.69) is 62.5 Å². The average molecular weight is 699 g/mol. The van der Waals surface area contributed by atoms with Crippen molar-refractivity contribution in [2.75, 3.05) is 0 Å². The Morgan fingerprint density at radius 1 is 0.440 bits per heavy atom. The molecule has 1 N–H and O–H groups in total. The summed E-state index contributed by atoms with van der Waals surface area (Å²) in [6, 6.07) is 0. The molecule has 0 spiro atoms. The van der Waals surface area contributed by atoms with Gasteiger partial charge in [0, 0.05) is 6.42 Å². The second-order valence-electron chi connectivity index (χ2n) is 14.5. The number of aliphatic carboxylic acids is 1. The molecule has 0 saturated carbocycles. The molecule has 0 aromatic carbocycles. The number of unbranched alkanes of at least 4 members (excludes halogenated alkanes) is 25. The zero-order chi connectivity index (χ0) is 36.4. The number of hydrogen-bond acceptors (Lipinski definition) is 3. The lowest BCUT2D eigenvalue weighted by Gasteiger charge is -2.13. The first kappa shape index (κ1) is 47.9. The van der Waals surface area contributed by atoms with Crippen LogP contribution in [0.25, 0.3) is 0 Å². The van der Waals surface area contributed by atoms with Crippen LogP contribution in [0.4, 0.5) is 0 Å². The lowest BCUT2D eigenvalue weighted by Crippen LogP contribution is -2.27. The van der Waals surface area contributed by atoms with Gasteiger partial charge in [-0.3, -0.25) is 4.79 Å². The minimum absolute atomic E-state index is 0.320. The van der Waals surface area contributed by atoms with E-state index in [9.17, 15) is 14.7 Å². The first-order valence-corrected chi connectivity index (χ1v) is 21.6. The SMILES string of the molecule is CCCCC/C=C\C/C=C\C/C=C\C/C=C\CCCCCCCC(=O)OC(CCCCCCCCCCCCCCCCCCCC)C(=O)O. The van der Waals surface area contributed by atoms with E-state index in [1.165, 1.54) is 128 Å². The number of rotatable bonds is 39. The number of ether oxygens (including phenoxy) is 1. The molecule has 0 fully saturated rings. The largest absolute Gasteiger partial charge is 0.479 e. The van der Waals surface area contributed by atoms with Gasteiger partial charge in [0.05, 0.1) is 0 Å². The molecule has 4 nitrogen and oxygen atoms in total. The van der Waals surface area contributed by atoms with Crippen LogP contribution in [0.2, 0.25) is 0 Å². The predicted molar refractivity (Wildman–Crippen MR) is 218 cm³/mol. The monoisotopic (exact) mass is 699 g/mol. The van der Waals surface area contributed by atoms with Gasteiger partial charge >= 0.3 is 11.9 Å². The Kier molecular flexibility index (Phi) is 39.6. The number of carboxylic acid groups (broad SMARTS) is 1. The fraction of sp³-hybridized carbons (Fsp3) is 0.783. The van der Waals surface area contributed by atoms with Crippen molar-refractivity contribution in [3.05, 3.63) is 48.6 Å². The lowest BCUT2D eigenvalue weighted by atomic mass is 10.0. The van der Waals surface area contributed by atoms with Crippen LogP contribution in [0.5, 0.6) is 0 Å². The van der Waals surface area contributed by atoms with E-state index in [0.717, 1.165) is 70.6 Å². The molecule has 1 unspecified atom stereocenters. The van der Waals surface area contributed by atoms with Crippen LogP contribution in [0.3, 0.4) is 0 Å². The van der Waals surface area contributed by atoms with Crippen LogP contribution in [-0.2, 0) is 14.3 Å². The second-order valence-corrected chi connectivity index (χ2v) is 14.5. The molecule has 4 heteroatoms. The van der Waals surface area contributed by atoms with Gasteiger partial charge in [-0.1, -0.05) is 204 Å². The second kappa shape index (κ2) is 41.3. The highest BCUT2D eigenvalue weighted by atomic mass is 16.6. The molecule has 0 amide bonds. The van der Waals surface area contributed by atoms with Crippen molar-refractivity contribution < 1.29 is 19.4 Å². The molecule has 0 heterocycles. The molecule has 0 aromatic rings. The maximum Gasteiger partial charge on any atom is 0.345 e. The highest BCUT2D eigenvalue weighted by Gasteiger charge is 2.21. The first-order valence-electron chi connectivity index (χ1n) is 21.6. The molecule has 0 aliphatic heterocycles. The summed E-state index contributed by atoms with van der Waals surface area (Å²) in [5, 5.41) is 9.52. The van der Waals surface area contributed by atoms with Gasteiger partial charge in [-0.25, -0.2) is 4.79 Å². The summed E-state index contributed by atoms with van der Waals surface area (Å²) < 4.78 is 5.33. The van der Waals surface area contributed by atoms with Crippen molar-refractivity contribution in [3.63, 3.8) is 0 Å². The third-order valence-corrected chi connectivity index (χ3v) is 9.58. The molecule has 1 atom stereocenters. The van der Waals surface area contributed by atoms with Crippen LogP contribution in [-0.4, -0.2) is 23.1 Å². The van der Waals surface area contributed by atoms with Crippen LogP contribution in [0.1, 0.15) is 226 Å². The van der Waals surface area contributed by atoms with Gasteiger partial charge in [-0.15, -0.1) is 0 Å². The summed E-state index contributed by atoms with van der Waals surface area (Å²) in [6.07, 6.45) is 55.8. The molecule has 0 aliphatic rings. The van der Waals surface area contributed by atoms with Gasteiger partial charge in [0.2, 0.25) is 0 Å². The van der Waals surface area contributed by atoms with Gasteiger partial charge in [-0.05, 0) is 64.2 Å². The van der Waals surface area contributed by atoms with Crippen LogP contribution in [0, 0.1) is 0 Å². The third-order valence-electron chi connectivity index (χ3n) is 9.58.